The lowest BCUT2D eigenvalue weighted by molar-refractivity contribution is -0.141. The lowest BCUT2D eigenvalue weighted by atomic mass is 10.2. The summed E-state index contributed by atoms with van der Waals surface area (Å²) in [5, 5.41) is 7.59. The van der Waals surface area contributed by atoms with Gasteiger partial charge in [0.2, 0.25) is 11.8 Å². The molecule has 1 fully saturated rings. The van der Waals surface area contributed by atoms with Crippen molar-refractivity contribution in [3.8, 4) is 0 Å². The summed E-state index contributed by atoms with van der Waals surface area (Å²) in [6.45, 7) is 6.51. The van der Waals surface area contributed by atoms with E-state index >= 15 is 0 Å². The smallest absolute Gasteiger partial charge is 0.247 e. The molecule has 0 aliphatic carbocycles. The van der Waals surface area contributed by atoms with Crippen LogP contribution in [-0.4, -0.2) is 38.6 Å². The number of aromatic nitrogens is 2. The van der Waals surface area contributed by atoms with Crippen LogP contribution in [0, 0.1) is 0 Å². The monoisotopic (exact) mass is 292 g/mol. The van der Waals surface area contributed by atoms with Crippen molar-refractivity contribution in [2.45, 2.75) is 58.7 Å². The molecule has 0 bridgehead atoms. The summed E-state index contributed by atoms with van der Waals surface area (Å²) in [7, 11) is 1.89. The van der Waals surface area contributed by atoms with Gasteiger partial charge in [0.1, 0.15) is 0 Å². The number of aryl methyl sites for hydroxylation is 2. The Balaban J connectivity index is 2.01. The summed E-state index contributed by atoms with van der Waals surface area (Å²) < 4.78 is 1.78. The number of hydrogen-bond donors (Lipinski definition) is 1. The van der Waals surface area contributed by atoms with Crippen molar-refractivity contribution in [1.29, 1.82) is 0 Å². The number of nitrogens with zero attached hydrogens (tertiary/aromatic N) is 3. The molecule has 21 heavy (non-hydrogen) atoms. The van der Waals surface area contributed by atoms with E-state index < -0.39 is 6.04 Å². The average molecular weight is 292 g/mol. The molecule has 0 radical (unpaired) electrons. The van der Waals surface area contributed by atoms with Crippen molar-refractivity contribution in [2.24, 2.45) is 7.05 Å². The Morgan fingerprint density at radius 2 is 2.14 bits per heavy atom. The second-order valence-corrected chi connectivity index (χ2v) is 5.63. The fourth-order valence-electron chi connectivity index (χ4n) is 2.72. The first-order valence-electron chi connectivity index (χ1n) is 7.58. The molecule has 1 saturated heterocycles. The van der Waals surface area contributed by atoms with Crippen molar-refractivity contribution in [3.05, 3.63) is 17.5 Å². The molecule has 0 saturated carbocycles. The Labute approximate surface area is 125 Å². The number of nitrogens with one attached hydrogen (secondary N) is 1. The van der Waals surface area contributed by atoms with Crippen LogP contribution in [-0.2, 0) is 29.6 Å². The van der Waals surface area contributed by atoms with E-state index in [4.69, 9.17) is 0 Å². The fourth-order valence-corrected chi connectivity index (χ4v) is 2.72. The second kappa shape index (κ2) is 6.39. The highest BCUT2D eigenvalue weighted by Gasteiger charge is 2.40. The summed E-state index contributed by atoms with van der Waals surface area (Å²) in [5.74, 6) is -0.176. The Hall–Kier alpha value is -1.69. The molecule has 1 aromatic rings. The van der Waals surface area contributed by atoms with E-state index in [9.17, 15) is 9.59 Å². The van der Waals surface area contributed by atoms with Gasteiger partial charge < -0.3 is 5.32 Å². The highest BCUT2D eigenvalue weighted by atomic mass is 16.2. The summed E-state index contributed by atoms with van der Waals surface area (Å²) in [4.78, 5) is 25.7. The highest BCUT2D eigenvalue weighted by molar-refractivity contribution is 6.05. The van der Waals surface area contributed by atoms with E-state index in [-0.39, 0.29) is 24.3 Å². The van der Waals surface area contributed by atoms with Crippen LogP contribution in [0.5, 0.6) is 0 Å². The molecule has 0 spiro atoms. The van der Waals surface area contributed by atoms with Gasteiger partial charge in [-0.15, -0.1) is 0 Å². The second-order valence-electron chi connectivity index (χ2n) is 5.63. The Morgan fingerprint density at radius 1 is 1.43 bits per heavy atom. The zero-order valence-corrected chi connectivity index (χ0v) is 13.2. The van der Waals surface area contributed by atoms with E-state index in [0.717, 1.165) is 24.1 Å². The number of rotatable bonds is 6. The van der Waals surface area contributed by atoms with Crippen LogP contribution < -0.4 is 5.32 Å². The summed E-state index contributed by atoms with van der Waals surface area (Å²) in [5.41, 5.74) is 2.11. The quantitative estimate of drug-likeness (QED) is 0.794. The average Bonchev–Trinajstić information content (AvgIpc) is 2.95. The highest BCUT2D eigenvalue weighted by Crippen LogP contribution is 2.18. The first kappa shape index (κ1) is 15.7. The van der Waals surface area contributed by atoms with Crippen LogP contribution in [0.3, 0.4) is 0 Å². The van der Waals surface area contributed by atoms with E-state index in [1.807, 2.05) is 27.1 Å². The van der Waals surface area contributed by atoms with Crippen LogP contribution in [0.1, 0.15) is 44.9 Å². The molecule has 6 nitrogen and oxygen atoms in total. The van der Waals surface area contributed by atoms with E-state index in [1.54, 1.807) is 4.68 Å². The van der Waals surface area contributed by atoms with Gasteiger partial charge in [0, 0.05) is 31.4 Å². The summed E-state index contributed by atoms with van der Waals surface area (Å²) >= 11 is 0. The molecule has 1 aliphatic heterocycles. The zero-order valence-electron chi connectivity index (χ0n) is 13.2. The standard InChI is InChI=1S/C15H24N4O2/c1-5-10(3)19-14(20)7-13(15(19)21)16-8-11-9-18(4)17-12(11)6-2/h9-10,13,16H,5-8H2,1-4H3. The maximum Gasteiger partial charge on any atom is 0.247 e. The number of imide groups is 1. The number of carbonyl (C=O) groups is 2. The molecule has 2 unspecified atom stereocenters. The van der Waals surface area contributed by atoms with Crippen molar-refractivity contribution < 1.29 is 9.59 Å². The molecular weight excluding hydrogens is 268 g/mol. The minimum atomic E-state index is -0.406. The summed E-state index contributed by atoms with van der Waals surface area (Å²) in [6.07, 6.45) is 3.85. The minimum Gasteiger partial charge on any atom is -0.301 e. The van der Waals surface area contributed by atoms with Gasteiger partial charge in [0.15, 0.2) is 0 Å². The molecule has 116 valence electrons. The van der Waals surface area contributed by atoms with E-state index in [1.165, 1.54) is 4.90 Å². The van der Waals surface area contributed by atoms with Crippen molar-refractivity contribution in [2.75, 3.05) is 0 Å². The topological polar surface area (TPSA) is 67.2 Å². The molecule has 1 aliphatic rings. The molecule has 1 aromatic heterocycles. The number of likely N-dealkylation sites (tertiary alicyclic amines) is 1. The fraction of sp³-hybridized carbons (Fsp3) is 0.667. The number of amides is 2. The van der Waals surface area contributed by atoms with E-state index in [0.29, 0.717) is 6.54 Å². The molecule has 2 amide bonds. The van der Waals surface area contributed by atoms with Crippen LogP contribution in [0.15, 0.2) is 6.20 Å². The predicted octanol–water partition coefficient (Wildman–Crippen LogP) is 0.998. The van der Waals surface area contributed by atoms with Gasteiger partial charge in [0.05, 0.1) is 18.2 Å². The lowest BCUT2D eigenvalue weighted by Gasteiger charge is -2.21. The van der Waals surface area contributed by atoms with Crippen molar-refractivity contribution in [3.63, 3.8) is 0 Å². The third kappa shape index (κ3) is 3.15. The normalized spacial score (nSPS) is 20.4. The molecule has 0 aromatic carbocycles. The summed E-state index contributed by atoms with van der Waals surface area (Å²) in [6, 6.07) is -0.433. The molecule has 2 heterocycles. The predicted molar refractivity (Wildman–Crippen MR) is 79.4 cm³/mol. The number of carbonyl (C=O) groups excluding carboxylic acids is 2. The third-order valence-electron chi connectivity index (χ3n) is 4.08. The molecular formula is C15H24N4O2. The maximum atomic E-state index is 12.3. The van der Waals surface area contributed by atoms with Gasteiger partial charge in [-0.05, 0) is 19.8 Å². The van der Waals surface area contributed by atoms with Crippen molar-refractivity contribution in [1.82, 2.24) is 20.0 Å². The van der Waals surface area contributed by atoms with Crippen molar-refractivity contribution >= 4 is 11.8 Å². The first-order chi connectivity index (χ1) is 9.97. The van der Waals surface area contributed by atoms with Gasteiger partial charge in [0.25, 0.3) is 0 Å². The minimum absolute atomic E-state index is 0.0265. The lowest BCUT2D eigenvalue weighted by Crippen LogP contribution is -2.42. The van der Waals surface area contributed by atoms with Gasteiger partial charge in [-0.2, -0.15) is 5.10 Å². The Morgan fingerprint density at radius 3 is 2.76 bits per heavy atom. The van der Waals surface area contributed by atoms with Crippen LogP contribution in [0.4, 0.5) is 0 Å². The van der Waals surface area contributed by atoms with Crippen LogP contribution >= 0.6 is 0 Å². The Kier molecular flexibility index (Phi) is 4.77. The molecule has 1 N–H and O–H groups in total. The van der Waals surface area contributed by atoms with E-state index in [2.05, 4.69) is 17.3 Å². The third-order valence-corrected chi connectivity index (χ3v) is 4.08. The van der Waals surface area contributed by atoms with Gasteiger partial charge in [-0.3, -0.25) is 19.2 Å². The zero-order chi connectivity index (χ0) is 15.6. The van der Waals surface area contributed by atoms with Crippen LogP contribution in [0.2, 0.25) is 0 Å². The van der Waals surface area contributed by atoms with Gasteiger partial charge in [-0.1, -0.05) is 13.8 Å². The molecule has 2 atom stereocenters. The largest absolute Gasteiger partial charge is 0.301 e. The molecule has 2 rings (SSSR count). The molecule has 6 heteroatoms. The SMILES string of the molecule is CCc1nn(C)cc1CNC1CC(=O)N(C(C)CC)C1=O. The van der Waals surface area contributed by atoms with Crippen LogP contribution in [0.25, 0.3) is 0 Å². The first-order valence-corrected chi connectivity index (χ1v) is 7.58. The van der Waals surface area contributed by atoms with Gasteiger partial charge in [-0.25, -0.2) is 0 Å². The Bertz CT molecular complexity index is 538. The maximum absolute atomic E-state index is 12.3. The number of hydrogen-bond acceptors (Lipinski definition) is 4. The van der Waals surface area contributed by atoms with Gasteiger partial charge >= 0.3 is 0 Å².